The monoisotopic (exact) mass is 216 g/mol. The first kappa shape index (κ1) is 14.5. The first-order valence-corrected chi connectivity index (χ1v) is 4.38. The predicted molar refractivity (Wildman–Crippen MR) is 51.1 cm³/mol. The fourth-order valence-corrected chi connectivity index (χ4v) is 1.50. The molecule has 0 bridgehead atoms. The molecule has 0 radical (unpaired) electrons. The van der Waals surface area contributed by atoms with Crippen LogP contribution in [0.5, 0.6) is 5.75 Å². The molecule has 0 atom stereocenters. The van der Waals surface area contributed by atoms with Gasteiger partial charge in [0.05, 0.1) is 5.97 Å². The van der Waals surface area contributed by atoms with Crippen molar-refractivity contribution in [1.29, 1.82) is 0 Å². The van der Waals surface area contributed by atoms with Gasteiger partial charge in [0.15, 0.2) is 0 Å². The number of hydrogen-bond acceptors (Lipinski definition) is 3. The molecule has 0 heterocycles. The van der Waals surface area contributed by atoms with Crippen molar-refractivity contribution >= 4 is 5.97 Å². The van der Waals surface area contributed by atoms with Gasteiger partial charge in [0.1, 0.15) is 5.75 Å². The van der Waals surface area contributed by atoms with Gasteiger partial charge < -0.3 is 15.0 Å². The third-order valence-corrected chi connectivity index (χ3v) is 2.01. The molecule has 0 aliphatic carbocycles. The minimum atomic E-state index is -1.26. The van der Waals surface area contributed by atoms with E-state index in [1.807, 2.05) is 20.8 Å². The molecule has 1 aromatic rings. The Morgan fingerprint density at radius 3 is 2.20 bits per heavy atom. The van der Waals surface area contributed by atoms with Crippen molar-refractivity contribution in [3.8, 4) is 5.75 Å². The number of carboxylic acid groups (broad SMARTS) is 1. The molecule has 15 heavy (non-hydrogen) atoms. The van der Waals surface area contributed by atoms with Crippen LogP contribution in [0.3, 0.4) is 0 Å². The summed E-state index contributed by atoms with van der Waals surface area (Å²) in [6.45, 7) is 5.53. The Bertz CT molecular complexity index is 367. The average molecular weight is 216 g/mol. The fraction of sp³-hybridized carbons (Fsp3) is 0.364. The van der Waals surface area contributed by atoms with Crippen LogP contribution in [-0.4, -0.2) is 11.1 Å². The van der Waals surface area contributed by atoms with Crippen LogP contribution < -0.4 is 34.7 Å². The van der Waals surface area contributed by atoms with Crippen molar-refractivity contribution < 1.29 is 44.6 Å². The summed E-state index contributed by atoms with van der Waals surface area (Å²) in [6.07, 6.45) is 0. The van der Waals surface area contributed by atoms with Gasteiger partial charge in [-0.2, -0.15) is 0 Å². The van der Waals surface area contributed by atoms with Crippen molar-refractivity contribution in [2.75, 3.05) is 0 Å². The van der Waals surface area contributed by atoms with Gasteiger partial charge in [0.25, 0.3) is 0 Å². The van der Waals surface area contributed by atoms with Crippen LogP contribution in [0.25, 0.3) is 0 Å². The second kappa shape index (κ2) is 5.01. The van der Waals surface area contributed by atoms with Crippen LogP contribution in [-0.2, 0) is 5.41 Å². The Hall–Kier alpha value is -0.510. The summed E-state index contributed by atoms with van der Waals surface area (Å²) < 4.78 is 0. The van der Waals surface area contributed by atoms with Gasteiger partial charge in [-0.3, -0.25) is 0 Å². The minimum Gasteiger partial charge on any atom is -0.545 e. The van der Waals surface area contributed by atoms with Crippen molar-refractivity contribution in [2.24, 2.45) is 0 Å². The Labute approximate surface area is 111 Å². The van der Waals surface area contributed by atoms with Gasteiger partial charge in [-0.25, -0.2) is 0 Å². The van der Waals surface area contributed by atoms with Gasteiger partial charge in [0.2, 0.25) is 0 Å². The Morgan fingerprint density at radius 2 is 1.87 bits per heavy atom. The van der Waals surface area contributed by atoms with Gasteiger partial charge in [-0.15, -0.1) is 0 Å². The maximum Gasteiger partial charge on any atom is 1.00 e. The second-order valence-corrected chi connectivity index (χ2v) is 4.24. The summed E-state index contributed by atoms with van der Waals surface area (Å²) in [4.78, 5) is 10.8. The molecule has 76 valence electrons. The molecule has 0 aliphatic heterocycles. The molecule has 1 aromatic carbocycles. The number of hydrogen-bond donors (Lipinski definition) is 1. The number of aromatic hydroxyl groups is 1. The van der Waals surface area contributed by atoms with E-state index in [1.165, 1.54) is 18.2 Å². The second-order valence-electron chi connectivity index (χ2n) is 4.24. The largest absolute Gasteiger partial charge is 1.00 e. The zero-order chi connectivity index (χ0) is 10.9. The van der Waals surface area contributed by atoms with E-state index in [4.69, 9.17) is 0 Å². The van der Waals surface area contributed by atoms with E-state index in [0.717, 1.165) is 0 Å². The van der Waals surface area contributed by atoms with Crippen LogP contribution in [0.15, 0.2) is 18.2 Å². The van der Waals surface area contributed by atoms with Crippen molar-refractivity contribution in [2.45, 2.75) is 26.2 Å². The quantitative estimate of drug-likeness (QED) is 0.555. The number of rotatable bonds is 1. The summed E-state index contributed by atoms with van der Waals surface area (Å²) in [5.74, 6) is -1.26. The van der Waals surface area contributed by atoms with Crippen LogP contribution >= 0.6 is 0 Å². The van der Waals surface area contributed by atoms with Gasteiger partial charge in [0, 0.05) is 11.1 Å². The SMILES string of the molecule is CC(C)(C)c1c(O)cccc1C(=O)[O-].[Na+]. The first-order valence-electron chi connectivity index (χ1n) is 4.38. The first-order chi connectivity index (χ1) is 6.34. The third-order valence-electron chi connectivity index (χ3n) is 2.01. The van der Waals surface area contributed by atoms with Crippen molar-refractivity contribution in [1.82, 2.24) is 0 Å². The molecule has 0 aromatic heterocycles. The predicted octanol–water partition coefficient (Wildman–Crippen LogP) is -1.94. The average Bonchev–Trinajstić information content (AvgIpc) is 2.01. The van der Waals surface area contributed by atoms with Gasteiger partial charge in [-0.05, 0) is 11.5 Å². The number of benzene rings is 1. The van der Waals surface area contributed by atoms with E-state index < -0.39 is 11.4 Å². The van der Waals surface area contributed by atoms with E-state index in [2.05, 4.69) is 0 Å². The molecule has 0 unspecified atom stereocenters. The third kappa shape index (κ3) is 3.23. The summed E-state index contributed by atoms with van der Waals surface area (Å²) in [5.41, 5.74) is 0.0540. The molecular formula is C11H13NaO3. The van der Waals surface area contributed by atoms with Crippen LogP contribution in [0.4, 0.5) is 0 Å². The van der Waals surface area contributed by atoms with E-state index in [0.29, 0.717) is 5.56 Å². The van der Waals surface area contributed by atoms with Crippen LogP contribution in [0.1, 0.15) is 36.7 Å². The Balaban J connectivity index is 0.00000196. The number of carbonyl (C=O) groups is 1. The normalized spacial score (nSPS) is 10.6. The molecule has 1 rings (SSSR count). The Kier molecular flexibility index (Phi) is 4.84. The van der Waals surface area contributed by atoms with E-state index >= 15 is 0 Å². The number of carboxylic acids is 1. The molecule has 0 amide bonds. The summed E-state index contributed by atoms with van der Waals surface area (Å²) >= 11 is 0. The molecule has 0 aliphatic rings. The maximum absolute atomic E-state index is 10.8. The van der Waals surface area contributed by atoms with Crippen LogP contribution in [0.2, 0.25) is 0 Å². The fourth-order valence-electron chi connectivity index (χ4n) is 1.50. The maximum atomic E-state index is 10.8. The molecule has 3 nitrogen and oxygen atoms in total. The molecule has 1 N–H and O–H groups in total. The molecule has 0 spiro atoms. The van der Waals surface area contributed by atoms with E-state index in [1.54, 1.807) is 0 Å². The zero-order valence-corrected chi connectivity index (χ0v) is 11.5. The van der Waals surface area contributed by atoms with Crippen molar-refractivity contribution in [3.05, 3.63) is 29.3 Å². The summed E-state index contributed by atoms with van der Waals surface area (Å²) in [5, 5.41) is 20.4. The standard InChI is InChI=1S/C11H14O3.Na/c1-11(2,3)9-7(10(13)14)5-4-6-8(9)12;/h4-6,12H,1-3H3,(H,13,14);/q;+1/p-1. The zero-order valence-electron chi connectivity index (χ0n) is 9.50. The van der Waals surface area contributed by atoms with E-state index in [9.17, 15) is 15.0 Å². The van der Waals surface area contributed by atoms with Crippen LogP contribution in [0, 0.1) is 0 Å². The van der Waals surface area contributed by atoms with E-state index in [-0.39, 0.29) is 40.9 Å². The smallest absolute Gasteiger partial charge is 0.545 e. The summed E-state index contributed by atoms with van der Waals surface area (Å²) in [6, 6.07) is 4.42. The molecule has 4 heteroatoms. The molecule has 0 saturated heterocycles. The number of aromatic carboxylic acids is 1. The minimum absolute atomic E-state index is 0. The molecule has 0 saturated carbocycles. The van der Waals surface area contributed by atoms with Crippen molar-refractivity contribution in [3.63, 3.8) is 0 Å². The van der Waals surface area contributed by atoms with Gasteiger partial charge >= 0.3 is 29.6 Å². The topological polar surface area (TPSA) is 60.4 Å². The number of carbonyl (C=O) groups excluding carboxylic acids is 1. The van der Waals surface area contributed by atoms with Gasteiger partial charge in [-0.1, -0.05) is 32.9 Å². The Morgan fingerprint density at radius 1 is 1.33 bits per heavy atom. The number of phenols is 1. The summed E-state index contributed by atoms with van der Waals surface area (Å²) in [7, 11) is 0. The molecule has 0 fully saturated rings. The molecular weight excluding hydrogens is 203 g/mol. The number of phenolic OH excluding ortho intramolecular Hbond substituents is 1.